The van der Waals surface area contributed by atoms with E-state index in [1.807, 2.05) is 32.0 Å². The number of hydrogen-bond donors (Lipinski definition) is 1. The Morgan fingerprint density at radius 2 is 1.96 bits per heavy atom. The van der Waals surface area contributed by atoms with Crippen molar-refractivity contribution in [3.8, 4) is 0 Å². The van der Waals surface area contributed by atoms with Crippen LogP contribution in [0.25, 0.3) is 10.2 Å². The van der Waals surface area contributed by atoms with E-state index in [1.54, 1.807) is 0 Å². The Balaban J connectivity index is 1.98. The van der Waals surface area contributed by atoms with Gasteiger partial charge < -0.3 is 5.32 Å². The smallest absolute Gasteiger partial charge is 0.321 e. The first-order valence-corrected chi connectivity index (χ1v) is 7.91. The van der Waals surface area contributed by atoms with Crippen LogP contribution in [0.5, 0.6) is 0 Å². The standard InChI is InChI=1S/C16H14F3N3OS/c1-8-4-5-9(2)11(6-8)20-14(23)12-7-10-13(16(17,18)19)21-22(3)15(10)24-12/h4-7H,1-3H3,(H,20,23). The van der Waals surface area contributed by atoms with E-state index in [1.165, 1.54) is 13.1 Å². The summed E-state index contributed by atoms with van der Waals surface area (Å²) in [6.07, 6.45) is -4.55. The van der Waals surface area contributed by atoms with Gasteiger partial charge >= 0.3 is 6.18 Å². The van der Waals surface area contributed by atoms with Crippen molar-refractivity contribution in [2.75, 3.05) is 5.32 Å². The van der Waals surface area contributed by atoms with E-state index in [0.717, 1.165) is 27.1 Å². The molecule has 0 unspecified atom stereocenters. The third-order valence-electron chi connectivity index (χ3n) is 3.65. The number of halogens is 3. The summed E-state index contributed by atoms with van der Waals surface area (Å²) in [5.74, 6) is -0.432. The van der Waals surface area contributed by atoms with Gasteiger partial charge in [-0.3, -0.25) is 9.48 Å². The molecule has 2 heterocycles. The lowest BCUT2D eigenvalue weighted by molar-refractivity contribution is -0.140. The minimum atomic E-state index is -4.55. The van der Waals surface area contributed by atoms with Crippen LogP contribution in [-0.2, 0) is 13.2 Å². The topological polar surface area (TPSA) is 46.9 Å². The number of amides is 1. The summed E-state index contributed by atoms with van der Waals surface area (Å²) in [6, 6.07) is 6.87. The minimum Gasteiger partial charge on any atom is -0.321 e. The second kappa shape index (κ2) is 5.62. The second-order valence-corrected chi connectivity index (χ2v) is 6.60. The fourth-order valence-electron chi connectivity index (χ4n) is 2.42. The molecule has 2 aromatic heterocycles. The number of carbonyl (C=O) groups is 1. The van der Waals surface area contributed by atoms with E-state index in [2.05, 4.69) is 10.4 Å². The Morgan fingerprint density at radius 1 is 1.25 bits per heavy atom. The Hall–Kier alpha value is -2.35. The molecule has 0 fully saturated rings. The molecule has 4 nitrogen and oxygen atoms in total. The number of carbonyl (C=O) groups excluding carboxylic acids is 1. The van der Waals surface area contributed by atoms with E-state index < -0.39 is 17.8 Å². The van der Waals surface area contributed by atoms with Gasteiger partial charge in [-0.15, -0.1) is 11.3 Å². The molecule has 1 aromatic carbocycles. The lowest BCUT2D eigenvalue weighted by Crippen LogP contribution is -2.11. The first kappa shape index (κ1) is 16.5. The van der Waals surface area contributed by atoms with Crippen molar-refractivity contribution in [3.63, 3.8) is 0 Å². The van der Waals surface area contributed by atoms with Crippen molar-refractivity contribution in [2.45, 2.75) is 20.0 Å². The van der Waals surface area contributed by atoms with Gasteiger partial charge in [0.1, 0.15) is 4.83 Å². The van der Waals surface area contributed by atoms with Crippen molar-refractivity contribution < 1.29 is 18.0 Å². The zero-order valence-corrected chi connectivity index (χ0v) is 14.0. The molecule has 0 bridgehead atoms. The number of benzene rings is 1. The fourth-order valence-corrected chi connectivity index (χ4v) is 3.38. The maximum Gasteiger partial charge on any atom is 0.435 e. The lowest BCUT2D eigenvalue weighted by atomic mass is 10.1. The number of hydrogen-bond acceptors (Lipinski definition) is 3. The summed E-state index contributed by atoms with van der Waals surface area (Å²) in [4.78, 5) is 12.9. The first-order chi connectivity index (χ1) is 11.2. The van der Waals surface area contributed by atoms with Crippen LogP contribution >= 0.6 is 11.3 Å². The van der Waals surface area contributed by atoms with Crippen LogP contribution in [0.3, 0.4) is 0 Å². The molecule has 0 saturated heterocycles. The number of nitrogens with zero attached hydrogens (tertiary/aromatic N) is 2. The van der Waals surface area contributed by atoms with Crippen molar-refractivity contribution in [1.29, 1.82) is 0 Å². The highest BCUT2D eigenvalue weighted by Crippen LogP contribution is 2.37. The predicted octanol–water partition coefficient (Wildman–Crippen LogP) is 4.52. The first-order valence-electron chi connectivity index (χ1n) is 7.09. The van der Waals surface area contributed by atoms with E-state index in [-0.39, 0.29) is 10.3 Å². The summed E-state index contributed by atoms with van der Waals surface area (Å²) in [7, 11) is 1.43. The molecule has 0 spiro atoms. The number of anilines is 1. The number of fused-ring (bicyclic) bond motifs is 1. The van der Waals surface area contributed by atoms with Crippen molar-refractivity contribution in [1.82, 2.24) is 9.78 Å². The molecule has 3 aromatic rings. The fraction of sp³-hybridized carbons (Fsp3) is 0.250. The van der Waals surface area contributed by atoms with Crippen LogP contribution < -0.4 is 5.32 Å². The molecule has 0 aliphatic rings. The van der Waals surface area contributed by atoms with Crippen LogP contribution in [0.4, 0.5) is 18.9 Å². The Kier molecular flexibility index (Phi) is 3.87. The number of aryl methyl sites for hydroxylation is 3. The highest BCUT2D eigenvalue weighted by Gasteiger charge is 2.37. The largest absolute Gasteiger partial charge is 0.435 e. The predicted molar refractivity (Wildman–Crippen MR) is 87.5 cm³/mol. The Morgan fingerprint density at radius 3 is 2.62 bits per heavy atom. The van der Waals surface area contributed by atoms with E-state index in [4.69, 9.17) is 0 Å². The minimum absolute atomic E-state index is 0.0545. The zero-order valence-electron chi connectivity index (χ0n) is 13.2. The molecule has 0 aliphatic carbocycles. The molecular formula is C16H14F3N3OS. The summed E-state index contributed by atoms with van der Waals surface area (Å²) >= 11 is 0.987. The van der Waals surface area contributed by atoms with Crippen molar-refractivity contribution >= 4 is 33.1 Å². The highest BCUT2D eigenvalue weighted by atomic mass is 32.1. The molecule has 1 N–H and O–H groups in total. The van der Waals surface area contributed by atoms with Gasteiger partial charge in [0.2, 0.25) is 0 Å². The SMILES string of the molecule is Cc1ccc(C)c(NC(=O)c2cc3c(C(F)(F)F)nn(C)c3s2)c1. The van der Waals surface area contributed by atoms with Crippen molar-refractivity contribution in [3.05, 3.63) is 46.0 Å². The number of aromatic nitrogens is 2. The van der Waals surface area contributed by atoms with Crippen LogP contribution in [0.15, 0.2) is 24.3 Å². The van der Waals surface area contributed by atoms with Crippen LogP contribution in [0.1, 0.15) is 26.5 Å². The number of nitrogens with one attached hydrogen (secondary N) is 1. The van der Waals surface area contributed by atoms with Gasteiger partial charge in [-0.05, 0) is 37.1 Å². The number of rotatable bonds is 2. The molecule has 0 atom stereocenters. The highest BCUT2D eigenvalue weighted by molar-refractivity contribution is 7.20. The van der Waals surface area contributed by atoms with Crippen LogP contribution in [0, 0.1) is 13.8 Å². The van der Waals surface area contributed by atoms with Gasteiger partial charge in [0, 0.05) is 18.1 Å². The molecule has 8 heteroatoms. The van der Waals surface area contributed by atoms with Crippen LogP contribution in [0.2, 0.25) is 0 Å². The molecule has 0 saturated carbocycles. The summed E-state index contributed by atoms with van der Waals surface area (Å²) in [6.45, 7) is 3.75. The average molecular weight is 353 g/mol. The summed E-state index contributed by atoms with van der Waals surface area (Å²) < 4.78 is 40.2. The summed E-state index contributed by atoms with van der Waals surface area (Å²) in [5, 5.41) is 6.20. The maximum absolute atomic E-state index is 13.0. The van der Waals surface area contributed by atoms with E-state index in [9.17, 15) is 18.0 Å². The van der Waals surface area contributed by atoms with Crippen LogP contribution in [-0.4, -0.2) is 15.7 Å². The number of thiophene rings is 1. The third kappa shape index (κ3) is 2.89. The monoisotopic (exact) mass is 353 g/mol. The van der Waals surface area contributed by atoms with E-state index in [0.29, 0.717) is 10.5 Å². The molecule has 0 radical (unpaired) electrons. The molecular weight excluding hydrogens is 339 g/mol. The van der Waals surface area contributed by atoms with Gasteiger partial charge in [0.05, 0.1) is 4.88 Å². The zero-order chi connectivity index (χ0) is 17.6. The Bertz CT molecular complexity index is 940. The van der Waals surface area contributed by atoms with Gasteiger partial charge in [-0.2, -0.15) is 18.3 Å². The van der Waals surface area contributed by atoms with Gasteiger partial charge in [-0.25, -0.2) is 0 Å². The molecule has 3 rings (SSSR count). The normalized spacial score (nSPS) is 11.9. The second-order valence-electron chi connectivity index (χ2n) is 5.57. The van der Waals surface area contributed by atoms with Gasteiger partial charge in [-0.1, -0.05) is 12.1 Å². The summed E-state index contributed by atoms with van der Waals surface area (Å²) in [5.41, 5.74) is 1.54. The van der Waals surface area contributed by atoms with Crippen molar-refractivity contribution in [2.24, 2.45) is 7.05 Å². The number of alkyl halides is 3. The van der Waals surface area contributed by atoms with Gasteiger partial charge in [0.15, 0.2) is 5.69 Å². The lowest BCUT2D eigenvalue weighted by Gasteiger charge is -2.08. The average Bonchev–Trinajstić information content (AvgIpc) is 3.03. The molecule has 0 aliphatic heterocycles. The van der Waals surface area contributed by atoms with Gasteiger partial charge in [0.25, 0.3) is 5.91 Å². The van der Waals surface area contributed by atoms with E-state index >= 15 is 0 Å². The quantitative estimate of drug-likeness (QED) is 0.736. The maximum atomic E-state index is 13.0. The Labute approximate surface area is 139 Å². The molecule has 1 amide bonds. The molecule has 126 valence electrons. The molecule has 24 heavy (non-hydrogen) atoms. The third-order valence-corrected chi connectivity index (χ3v) is 4.85.